The standard InChI is InChI=1S/C36H40F7N5O2/c1-7-27-18-47-11-10-46(22(3)49)19-28(47)20-48(27)32-16-30(29-9-8-26(37)12-21(29)2)31(17-44-32)45(6)33(50)34(4,5)23-13-24(35(38,39)40)15-25(14-23)36(41,42)43/h8-9,12-17,27-28H,7,10-11,18-20H2,1-6H3/t27-,28?/m1/s1. The molecule has 1 aromatic heterocycles. The summed E-state index contributed by atoms with van der Waals surface area (Å²) < 4.78 is 96.6. The van der Waals surface area contributed by atoms with Gasteiger partial charge in [0.05, 0.1) is 28.4 Å². The molecule has 2 aliphatic heterocycles. The molecule has 2 atom stereocenters. The van der Waals surface area contributed by atoms with Gasteiger partial charge in [0.1, 0.15) is 11.6 Å². The van der Waals surface area contributed by atoms with Gasteiger partial charge in [-0.15, -0.1) is 0 Å². The molecule has 0 saturated carbocycles. The third kappa shape index (κ3) is 7.31. The van der Waals surface area contributed by atoms with E-state index < -0.39 is 46.2 Å². The summed E-state index contributed by atoms with van der Waals surface area (Å²) in [4.78, 5) is 38.6. The lowest BCUT2D eigenvalue weighted by molar-refractivity contribution is -0.143. The number of hydrogen-bond donors (Lipinski definition) is 0. The van der Waals surface area contributed by atoms with Crippen LogP contribution in [0.15, 0.2) is 48.7 Å². The highest BCUT2D eigenvalue weighted by Gasteiger charge is 2.42. The molecule has 0 bridgehead atoms. The van der Waals surface area contributed by atoms with E-state index >= 15 is 0 Å². The fraction of sp³-hybridized carbons (Fsp3) is 0.472. The van der Waals surface area contributed by atoms with E-state index in [-0.39, 0.29) is 29.7 Å². The highest BCUT2D eigenvalue weighted by molar-refractivity contribution is 6.03. The molecule has 0 N–H and O–H groups in total. The first-order chi connectivity index (χ1) is 23.2. The number of hydrogen-bond acceptors (Lipinski definition) is 5. The van der Waals surface area contributed by atoms with Gasteiger partial charge in [-0.25, -0.2) is 9.37 Å². The number of nitrogens with zero attached hydrogens (tertiary/aromatic N) is 5. The van der Waals surface area contributed by atoms with Crippen LogP contribution in [0.5, 0.6) is 0 Å². The minimum Gasteiger partial charge on any atom is -0.351 e. The van der Waals surface area contributed by atoms with Crippen molar-refractivity contribution in [3.8, 4) is 11.1 Å². The Hall–Kier alpha value is -4.20. The molecule has 50 heavy (non-hydrogen) atoms. The van der Waals surface area contributed by atoms with Gasteiger partial charge < -0.3 is 14.7 Å². The van der Waals surface area contributed by atoms with E-state index in [0.29, 0.717) is 54.3 Å². The summed E-state index contributed by atoms with van der Waals surface area (Å²) in [5.74, 6) is -0.688. The summed E-state index contributed by atoms with van der Waals surface area (Å²) in [6, 6.07) is 7.21. The number of carbonyl (C=O) groups is 2. The molecule has 2 fully saturated rings. The van der Waals surface area contributed by atoms with Crippen molar-refractivity contribution in [1.29, 1.82) is 0 Å². The van der Waals surface area contributed by atoms with Gasteiger partial charge in [0.2, 0.25) is 11.8 Å². The molecule has 3 heterocycles. The summed E-state index contributed by atoms with van der Waals surface area (Å²) in [6.45, 7) is 11.1. The Labute approximate surface area is 286 Å². The zero-order valence-corrected chi connectivity index (χ0v) is 28.7. The van der Waals surface area contributed by atoms with Crippen LogP contribution in [0.25, 0.3) is 11.1 Å². The molecule has 2 aromatic carbocycles. The van der Waals surface area contributed by atoms with E-state index in [4.69, 9.17) is 4.98 Å². The maximum atomic E-state index is 14.3. The van der Waals surface area contributed by atoms with Crippen molar-refractivity contribution in [2.24, 2.45) is 0 Å². The molecule has 0 aliphatic carbocycles. The number of aryl methyl sites for hydroxylation is 1. The first-order valence-electron chi connectivity index (χ1n) is 16.3. The minimum atomic E-state index is -5.09. The molecule has 2 amide bonds. The van der Waals surface area contributed by atoms with E-state index in [9.17, 15) is 40.3 Å². The second-order valence-corrected chi connectivity index (χ2v) is 13.6. The number of amides is 2. The number of likely N-dealkylation sites (N-methyl/N-ethyl adjacent to an activating group) is 1. The highest BCUT2D eigenvalue weighted by Crippen LogP contribution is 2.42. The van der Waals surface area contributed by atoms with Crippen LogP contribution in [0.3, 0.4) is 0 Å². The Morgan fingerprint density at radius 2 is 1.50 bits per heavy atom. The lowest BCUT2D eigenvalue weighted by Gasteiger charge is -2.51. The van der Waals surface area contributed by atoms with E-state index in [2.05, 4.69) is 16.7 Å². The van der Waals surface area contributed by atoms with Crippen molar-refractivity contribution >= 4 is 23.3 Å². The number of alkyl halides is 6. The average molecular weight is 708 g/mol. The van der Waals surface area contributed by atoms with Crippen molar-refractivity contribution in [2.45, 2.75) is 70.9 Å². The van der Waals surface area contributed by atoms with Gasteiger partial charge in [-0.2, -0.15) is 26.3 Å². The van der Waals surface area contributed by atoms with Gasteiger partial charge in [-0.05, 0) is 80.3 Å². The van der Waals surface area contributed by atoms with Crippen molar-refractivity contribution in [3.05, 3.63) is 76.7 Å². The SMILES string of the molecule is CC[C@@H]1CN2CCN(C(C)=O)CC2CN1c1cc(-c2ccc(F)cc2C)c(N(C)C(=O)C(C)(C)c2cc(C(F)(F)F)cc(C(F)(F)F)c2)cn1. The molecule has 5 rings (SSSR count). The Bertz CT molecular complexity index is 1740. The average Bonchev–Trinajstić information content (AvgIpc) is 3.05. The summed E-state index contributed by atoms with van der Waals surface area (Å²) in [7, 11) is 1.38. The van der Waals surface area contributed by atoms with Gasteiger partial charge in [0.25, 0.3) is 0 Å². The molecule has 2 saturated heterocycles. The maximum absolute atomic E-state index is 14.3. The molecule has 2 aliphatic rings. The molecular formula is C36H40F7N5O2. The zero-order valence-electron chi connectivity index (χ0n) is 28.7. The number of piperazine rings is 2. The van der Waals surface area contributed by atoms with Gasteiger partial charge in [0, 0.05) is 64.3 Å². The monoisotopic (exact) mass is 707 g/mol. The predicted molar refractivity (Wildman–Crippen MR) is 176 cm³/mol. The van der Waals surface area contributed by atoms with Crippen LogP contribution in [-0.2, 0) is 27.4 Å². The van der Waals surface area contributed by atoms with Crippen molar-refractivity contribution in [1.82, 2.24) is 14.8 Å². The second kappa shape index (κ2) is 13.5. The van der Waals surface area contributed by atoms with Crippen LogP contribution in [0, 0.1) is 12.7 Å². The van der Waals surface area contributed by atoms with Gasteiger partial charge in [-0.3, -0.25) is 14.5 Å². The number of carbonyl (C=O) groups excluding carboxylic acids is 2. The van der Waals surface area contributed by atoms with E-state index in [0.717, 1.165) is 19.5 Å². The third-order valence-corrected chi connectivity index (χ3v) is 9.97. The van der Waals surface area contributed by atoms with Crippen LogP contribution >= 0.6 is 0 Å². The number of pyridine rings is 1. The quantitative estimate of drug-likeness (QED) is 0.252. The van der Waals surface area contributed by atoms with Crippen molar-refractivity contribution in [3.63, 3.8) is 0 Å². The number of benzene rings is 2. The highest BCUT2D eigenvalue weighted by atomic mass is 19.4. The number of fused-ring (bicyclic) bond motifs is 1. The topological polar surface area (TPSA) is 60.0 Å². The number of anilines is 2. The lowest BCUT2D eigenvalue weighted by Crippen LogP contribution is -2.65. The van der Waals surface area contributed by atoms with Crippen LogP contribution in [0.2, 0.25) is 0 Å². The largest absolute Gasteiger partial charge is 0.416 e. The van der Waals surface area contributed by atoms with Crippen LogP contribution < -0.4 is 9.80 Å². The van der Waals surface area contributed by atoms with E-state index in [1.807, 2.05) is 4.90 Å². The van der Waals surface area contributed by atoms with Crippen LogP contribution in [-0.4, -0.2) is 78.5 Å². The number of halogens is 7. The molecule has 270 valence electrons. The molecule has 1 unspecified atom stereocenters. The fourth-order valence-electron chi connectivity index (χ4n) is 6.94. The smallest absolute Gasteiger partial charge is 0.351 e. The maximum Gasteiger partial charge on any atom is 0.416 e. The van der Waals surface area contributed by atoms with E-state index in [1.54, 1.807) is 26.0 Å². The van der Waals surface area contributed by atoms with Crippen LogP contribution in [0.4, 0.5) is 42.2 Å². The predicted octanol–water partition coefficient (Wildman–Crippen LogP) is 7.31. The number of aromatic nitrogens is 1. The van der Waals surface area contributed by atoms with Gasteiger partial charge in [-0.1, -0.05) is 13.0 Å². The first-order valence-corrected chi connectivity index (χ1v) is 16.3. The normalized spacial score (nSPS) is 19.0. The Morgan fingerprint density at radius 3 is 2.06 bits per heavy atom. The number of rotatable bonds is 6. The summed E-state index contributed by atoms with van der Waals surface area (Å²) in [6.07, 6.45) is -7.93. The molecule has 14 heteroatoms. The summed E-state index contributed by atoms with van der Waals surface area (Å²) >= 11 is 0. The molecule has 3 aromatic rings. The summed E-state index contributed by atoms with van der Waals surface area (Å²) in [5.41, 5.74) is -3.54. The van der Waals surface area contributed by atoms with E-state index in [1.165, 1.54) is 44.1 Å². The second-order valence-electron chi connectivity index (χ2n) is 13.6. The molecule has 7 nitrogen and oxygen atoms in total. The zero-order chi connectivity index (χ0) is 36.9. The fourth-order valence-corrected chi connectivity index (χ4v) is 6.94. The molecule has 0 radical (unpaired) electrons. The Balaban J connectivity index is 1.58. The lowest BCUT2D eigenvalue weighted by atomic mass is 9.81. The third-order valence-electron chi connectivity index (χ3n) is 9.97. The Morgan fingerprint density at radius 1 is 0.880 bits per heavy atom. The van der Waals surface area contributed by atoms with Crippen molar-refractivity contribution in [2.75, 3.05) is 49.6 Å². The van der Waals surface area contributed by atoms with Crippen LogP contribution in [0.1, 0.15) is 56.4 Å². The van der Waals surface area contributed by atoms with Gasteiger partial charge >= 0.3 is 12.4 Å². The molecular weight excluding hydrogens is 667 g/mol. The molecule has 0 spiro atoms. The summed E-state index contributed by atoms with van der Waals surface area (Å²) in [5, 5.41) is 0. The Kier molecular flexibility index (Phi) is 10.0. The van der Waals surface area contributed by atoms with Gasteiger partial charge in [0.15, 0.2) is 0 Å². The van der Waals surface area contributed by atoms with Crippen molar-refractivity contribution < 1.29 is 40.3 Å². The minimum absolute atomic E-state index is 0.000699. The first kappa shape index (κ1) is 37.1.